The molecule has 2 rings (SSSR count). The van der Waals surface area contributed by atoms with E-state index in [0.29, 0.717) is 26.3 Å². The normalized spacial score (nSPS) is 18.0. The van der Waals surface area contributed by atoms with Gasteiger partial charge in [-0.3, -0.25) is 4.79 Å². The van der Waals surface area contributed by atoms with Crippen molar-refractivity contribution in [1.29, 1.82) is 0 Å². The first-order chi connectivity index (χ1) is 11.6. The molecule has 1 aromatic rings. The first-order valence-electron chi connectivity index (χ1n) is 8.35. The van der Waals surface area contributed by atoms with Crippen molar-refractivity contribution >= 4 is 5.91 Å². The summed E-state index contributed by atoms with van der Waals surface area (Å²) in [5, 5.41) is 3.06. The molecule has 0 aromatic heterocycles. The third kappa shape index (κ3) is 4.69. The summed E-state index contributed by atoms with van der Waals surface area (Å²) in [6.07, 6.45) is 1.80. The van der Waals surface area contributed by atoms with Crippen LogP contribution in [0.1, 0.15) is 24.8 Å². The van der Waals surface area contributed by atoms with Gasteiger partial charge in [0.25, 0.3) is 0 Å². The number of nitrogens with two attached hydrogens (primary N) is 1. The summed E-state index contributed by atoms with van der Waals surface area (Å²) in [5.41, 5.74) is 6.68. The standard InChI is InChI=1S/C18H28N2O4/c1-22-15-5-3-14(4-6-15)18(7-9-24-10-8-18)13-20-17(21)11-16(12-19)23-2/h3-6,16H,7-13,19H2,1-2H3,(H,20,21). The molecule has 1 aromatic carbocycles. The van der Waals surface area contributed by atoms with Crippen LogP contribution in [-0.4, -0.2) is 52.5 Å². The summed E-state index contributed by atoms with van der Waals surface area (Å²) in [7, 11) is 3.23. The van der Waals surface area contributed by atoms with Gasteiger partial charge in [-0.1, -0.05) is 12.1 Å². The zero-order valence-electron chi connectivity index (χ0n) is 14.5. The number of hydrogen-bond acceptors (Lipinski definition) is 5. The molecule has 0 aliphatic carbocycles. The van der Waals surface area contributed by atoms with Gasteiger partial charge in [0.2, 0.25) is 5.91 Å². The van der Waals surface area contributed by atoms with Gasteiger partial charge in [0.1, 0.15) is 5.75 Å². The Hall–Kier alpha value is -1.63. The smallest absolute Gasteiger partial charge is 0.222 e. The molecule has 1 amide bonds. The van der Waals surface area contributed by atoms with Crippen LogP contribution in [0.2, 0.25) is 0 Å². The summed E-state index contributed by atoms with van der Waals surface area (Å²) in [5.74, 6) is 0.794. The summed E-state index contributed by atoms with van der Waals surface area (Å²) < 4.78 is 15.9. The Kier molecular flexibility index (Phi) is 7.02. The lowest BCUT2D eigenvalue weighted by Gasteiger charge is -2.38. The van der Waals surface area contributed by atoms with E-state index in [0.717, 1.165) is 18.6 Å². The number of carbonyl (C=O) groups is 1. The number of benzene rings is 1. The van der Waals surface area contributed by atoms with Crippen LogP contribution < -0.4 is 15.8 Å². The number of hydrogen-bond donors (Lipinski definition) is 2. The molecule has 134 valence electrons. The van der Waals surface area contributed by atoms with E-state index >= 15 is 0 Å². The molecule has 0 saturated carbocycles. The first-order valence-corrected chi connectivity index (χ1v) is 8.35. The van der Waals surface area contributed by atoms with Crippen molar-refractivity contribution in [2.24, 2.45) is 5.73 Å². The van der Waals surface area contributed by atoms with Crippen molar-refractivity contribution in [2.75, 3.05) is 40.5 Å². The molecule has 1 atom stereocenters. The minimum Gasteiger partial charge on any atom is -0.497 e. The maximum absolute atomic E-state index is 12.2. The van der Waals surface area contributed by atoms with Crippen LogP contribution in [0.5, 0.6) is 5.75 Å². The molecular formula is C18H28N2O4. The lowest BCUT2D eigenvalue weighted by molar-refractivity contribution is -0.123. The maximum Gasteiger partial charge on any atom is 0.222 e. The SMILES string of the molecule is COc1ccc(C2(CNC(=O)CC(CN)OC)CCOCC2)cc1. The summed E-state index contributed by atoms with van der Waals surface area (Å²) in [6, 6.07) is 8.08. The third-order valence-electron chi connectivity index (χ3n) is 4.79. The Morgan fingerprint density at radius 3 is 2.50 bits per heavy atom. The largest absolute Gasteiger partial charge is 0.497 e. The highest BCUT2D eigenvalue weighted by molar-refractivity contribution is 5.76. The summed E-state index contributed by atoms with van der Waals surface area (Å²) in [4.78, 5) is 12.2. The van der Waals surface area contributed by atoms with Crippen LogP contribution in [0.15, 0.2) is 24.3 Å². The first kappa shape index (κ1) is 18.7. The summed E-state index contributed by atoms with van der Waals surface area (Å²) >= 11 is 0. The van der Waals surface area contributed by atoms with Crippen LogP contribution >= 0.6 is 0 Å². The Morgan fingerprint density at radius 2 is 1.96 bits per heavy atom. The van der Waals surface area contributed by atoms with Crippen molar-refractivity contribution < 1.29 is 19.0 Å². The minimum absolute atomic E-state index is 0.0355. The third-order valence-corrected chi connectivity index (χ3v) is 4.79. The van der Waals surface area contributed by atoms with Gasteiger partial charge in [-0.2, -0.15) is 0 Å². The predicted octanol–water partition coefficient (Wildman–Crippen LogP) is 1.22. The highest BCUT2D eigenvalue weighted by Crippen LogP contribution is 2.35. The molecule has 1 saturated heterocycles. The second-order valence-electron chi connectivity index (χ2n) is 6.20. The van der Waals surface area contributed by atoms with Gasteiger partial charge in [-0.25, -0.2) is 0 Å². The van der Waals surface area contributed by atoms with E-state index in [1.54, 1.807) is 14.2 Å². The van der Waals surface area contributed by atoms with Gasteiger partial charge < -0.3 is 25.3 Å². The van der Waals surface area contributed by atoms with Gasteiger partial charge >= 0.3 is 0 Å². The average molecular weight is 336 g/mol. The van der Waals surface area contributed by atoms with E-state index in [1.807, 2.05) is 12.1 Å². The fourth-order valence-corrected chi connectivity index (χ4v) is 3.08. The van der Waals surface area contributed by atoms with Crippen molar-refractivity contribution in [3.8, 4) is 5.75 Å². The Bertz CT molecular complexity index is 508. The fraction of sp³-hybridized carbons (Fsp3) is 0.611. The van der Waals surface area contributed by atoms with E-state index in [4.69, 9.17) is 19.9 Å². The van der Waals surface area contributed by atoms with Crippen LogP contribution in [0.25, 0.3) is 0 Å². The molecule has 1 aliphatic heterocycles. The highest BCUT2D eigenvalue weighted by Gasteiger charge is 2.35. The molecule has 0 radical (unpaired) electrons. The average Bonchev–Trinajstić information content (AvgIpc) is 2.65. The molecule has 1 fully saturated rings. The molecule has 24 heavy (non-hydrogen) atoms. The summed E-state index contributed by atoms with van der Waals surface area (Å²) in [6.45, 7) is 2.32. The number of amides is 1. The number of nitrogens with one attached hydrogen (secondary N) is 1. The number of methoxy groups -OCH3 is 2. The molecule has 1 aliphatic rings. The van der Waals surface area contributed by atoms with Crippen LogP contribution in [0.4, 0.5) is 0 Å². The topological polar surface area (TPSA) is 82.8 Å². The van der Waals surface area contributed by atoms with Crippen LogP contribution in [0.3, 0.4) is 0 Å². The second-order valence-corrected chi connectivity index (χ2v) is 6.20. The van der Waals surface area contributed by atoms with Gasteiger partial charge in [0.05, 0.1) is 19.6 Å². The Labute approximate surface area is 143 Å². The van der Waals surface area contributed by atoms with Crippen molar-refractivity contribution in [3.05, 3.63) is 29.8 Å². The molecule has 1 heterocycles. The van der Waals surface area contributed by atoms with E-state index in [-0.39, 0.29) is 23.8 Å². The number of carbonyl (C=O) groups excluding carboxylic acids is 1. The lowest BCUT2D eigenvalue weighted by atomic mass is 9.74. The van der Waals surface area contributed by atoms with E-state index in [9.17, 15) is 4.79 Å². The van der Waals surface area contributed by atoms with Crippen molar-refractivity contribution in [1.82, 2.24) is 5.32 Å². The van der Waals surface area contributed by atoms with Gasteiger partial charge in [-0.15, -0.1) is 0 Å². The zero-order valence-corrected chi connectivity index (χ0v) is 14.5. The predicted molar refractivity (Wildman–Crippen MR) is 92.2 cm³/mol. The second kappa shape index (κ2) is 9.01. The molecule has 0 spiro atoms. The minimum atomic E-state index is -0.239. The fourth-order valence-electron chi connectivity index (χ4n) is 3.08. The van der Waals surface area contributed by atoms with Gasteiger partial charge in [0, 0.05) is 38.8 Å². The van der Waals surface area contributed by atoms with Crippen molar-refractivity contribution in [2.45, 2.75) is 30.8 Å². The van der Waals surface area contributed by atoms with Crippen LogP contribution in [-0.2, 0) is 19.7 Å². The van der Waals surface area contributed by atoms with E-state index in [2.05, 4.69) is 17.4 Å². The number of ether oxygens (including phenoxy) is 3. The van der Waals surface area contributed by atoms with E-state index in [1.165, 1.54) is 5.56 Å². The monoisotopic (exact) mass is 336 g/mol. The molecule has 6 nitrogen and oxygen atoms in total. The molecule has 0 bridgehead atoms. The Morgan fingerprint density at radius 1 is 1.29 bits per heavy atom. The molecular weight excluding hydrogens is 308 g/mol. The van der Waals surface area contributed by atoms with E-state index < -0.39 is 0 Å². The van der Waals surface area contributed by atoms with Crippen molar-refractivity contribution in [3.63, 3.8) is 0 Å². The zero-order chi connectivity index (χ0) is 17.4. The van der Waals surface area contributed by atoms with Crippen LogP contribution in [0, 0.1) is 0 Å². The Balaban J connectivity index is 2.05. The lowest BCUT2D eigenvalue weighted by Crippen LogP contribution is -2.45. The van der Waals surface area contributed by atoms with Gasteiger partial charge in [0.15, 0.2) is 0 Å². The molecule has 1 unspecified atom stereocenters. The molecule has 6 heteroatoms. The quantitative estimate of drug-likeness (QED) is 0.746. The molecule has 3 N–H and O–H groups in total. The van der Waals surface area contributed by atoms with Gasteiger partial charge in [-0.05, 0) is 30.5 Å². The maximum atomic E-state index is 12.2. The number of rotatable bonds is 8. The highest BCUT2D eigenvalue weighted by atomic mass is 16.5.